The van der Waals surface area contributed by atoms with Gasteiger partial charge < -0.3 is 4.90 Å². The van der Waals surface area contributed by atoms with Crippen LogP contribution in [-0.2, 0) is 0 Å². The Hall–Kier alpha value is -1.16. The van der Waals surface area contributed by atoms with Gasteiger partial charge in [-0.2, -0.15) is 0 Å². The summed E-state index contributed by atoms with van der Waals surface area (Å²) in [7, 11) is 0. The van der Waals surface area contributed by atoms with Crippen molar-refractivity contribution in [3.63, 3.8) is 0 Å². The van der Waals surface area contributed by atoms with Crippen LogP contribution in [0, 0.1) is 11.6 Å². The van der Waals surface area contributed by atoms with Crippen molar-refractivity contribution in [2.75, 3.05) is 19.0 Å². The number of halogens is 3. The summed E-state index contributed by atoms with van der Waals surface area (Å²) in [6, 6.07) is 2.87. The maximum atomic E-state index is 13.5. The lowest BCUT2D eigenvalue weighted by atomic mass is 10.1. The Kier molecular flexibility index (Phi) is 6.05. The smallest absolute Gasteiger partial charge is 0.256 e. The zero-order valence-corrected chi connectivity index (χ0v) is 11.0. The third kappa shape index (κ3) is 3.95. The van der Waals surface area contributed by atoms with E-state index in [1.165, 1.54) is 4.90 Å². The van der Waals surface area contributed by atoms with Gasteiger partial charge in [0.25, 0.3) is 5.91 Å². The van der Waals surface area contributed by atoms with E-state index in [-0.39, 0.29) is 11.4 Å². The molecule has 0 N–H and O–H groups in total. The molecule has 0 radical (unpaired) electrons. The molecule has 1 aromatic rings. The fraction of sp³-hybridized carbons (Fsp3) is 0.462. The van der Waals surface area contributed by atoms with Crippen molar-refractivity contribution in [2.45, 2.75) is 19.8 Å². The molecular formula is C13H16ClF2NO. The lowest BCUT2D eigenvalue weighted by molar-refractivity contribution is 0.0758. The van der Waals surface area contributed by atoms with Crippen molar-refractivity contribution in [3.8, 4) is 0 Å². The molecule has 0 aliphatic rings. The number of benzene rings is 1. The number of amides is 1. The Bertz CT molecular complexity index is 412. The number of rotatable bonds is 6. The molecule has 0 fully saturated rings. The SMILES string of the molecule is CCCCN(CCCl)C(=O)c1cc(F)ccc1F. The summed E-state index contributed by atoms with van der Waals surface area (Å²) in [6.45, 7) is 2.82. The minimum atomic E-state index is -0.711. The van der Waals surface area contributed by atoms with Crippen LogP contribution in [-0.4, -0.2) is 29.8 Å². The van der Waals surface area contributed by atoms with E-state index in [2.05, 4.69) is 0 Å². The Balaban J connectivity index is 2.90. The van der Waals surface area contributed by atoms with Gasteiger partial charge >= 0.3 is 0 Å². The van der Waals surface area contributed by atoms with Gasteiger partial charge in [0.1, 0.15) is 11.6 Å². The fourth-order valence-corrected chi connectivity index (χ4v) is 1.80. The van der Waals surface area contributed by atoms with Gasteiger partial charge in [0.05, 0.1) is 5.56 Å². The van der Waals surface area contributed by atoms with Crippen LogP contribution in [0.15, 0.2) is 18.2 Å². The molecule has 100 valence electrons. The number of unbranched alkanes of at least 4 members (excludes halogenated alkanes) is 1. The summed E-state index contributed by atoms with van der Waals surface area (Å²) >= 11 is 5.62. The number of nitrogens with zero attached hydrogens (tertiary/aromatic N) is 1. The highest BCUT2D eigenvalue weighted by molar-refractivity contribution is 6.18. The molecule has 0 heterocycles. The molecule has 0 bridgehead atoms. The van der Waals surface area contributed by atoms with Crippen molar-refractivity contribution in [1.29, 1.82) is 0 Å². The summed E-state index contributed by atoms with van der Waals surface area (Å²) < 4.78 is 26.5. The quantitative estimate of drug-likeness (QED) is 0.728. The van der Waals surface area contributed by atoms with Crippen LogP contribution in [0.3, 0.4) is 0 Å². The first-order chi connectivity index (χ1) is 8.60. The van der Waals surface area contributed by atoms with Crippen LogP contribution in [0.1, 0.15) is 30.1 Å². The monoisotopic (exact) mass is 275 g/mol. The lowest BCUT2D eigenvalue weighted by Crippen LogP contribution is -2.34. The maximum Gasteiger partial charge on any atom is 0.256 e. The van der Waals surface area contributed by atoms with Crippen LogP contribution < -0.4 is 0 Å². The first-order valence-corrected chi connectivity index (χ1v) is 6.44. The Morgan fingerprint density at radius 3 is 2.67 bits per heavy atom. The number of carbonyl (C=O) groups is 1. The predicted octanol–water partition coefficient (Wildman–Crippen LogP) is 3.45. The first kappa shape index (κ1) is 14.9. The van der Waals surface area contributed by atoms with Crippen molar-refractivity contribution in [2.24, 2.45) is 0 Å². The van der Waals surface area contributed by atoms with E-state index in [9.17, 15) is 13.6 Å². The third-order valence-corrected chi connectivity index (χ3v) is 2.75. The second-order valence-corrected chi connectivity index (χ2v) is 4.34. The maximum absolute atomic E-state index is 13.5. The largest absolute Gasteiger partial charge is 0.337 e. The molecule has 18 heavy (non-hydrogen) atoms. The van der Waals surface area contributed by atoms with Gasteiger partial charge in [-0.05, 0) is 24.6 Å². The molecule has 0 spiro atoms. The lowest BCUT2D eigenvalue weighted by Gasteiger charge is -2.21. The summed E-state index contributed by atoms with van der Waals surface area (Å²) in [5.41, 5.74) is -0.240. The summed E-state index contributed by atoms with van der Waals surface area (Å²) in [4.78, 5) is 13.5. The predicted molar refractivity (Wildman–Crippen MR) is 67.9 cm³/mol. The van der Waals surface area contributed by atoms with Gasteiger partial charge in [0, 0.05) is 19.0 Å². The molecule has 0 atom stereocenters. The zero-order valence-electron chi connectivity index (χ0n) is 10.3. The van der Waals surface area contributed by atoms with Crippen LogP contribution in [0.25, 0.3) is 0 Å². The van der Waals surface area contributed by atoms with Crippen molar-refractivity contribution in [1.82, 2.24) is 4.90 Å². The van der Waals surface area contributed by atoms with E-state index >= 15 is 0 Å². The van der Waals surface area contributed by atoms with Gasteiger partial charge in [-0.3, -0.25) is 4.79 Å². The van der Waals surface area contributed by atoms with Gasteiger partial charge in [0.2, 0.25) is 0 Å². The van der Waals surface area contributed by atoms with Gasteiger partial charge in [0.15, 0.2) is 0 Å². The Morgan fingerprint density at radius 2 is 2.06 bits per heavy atom. The molecule has 0 saturated carbocycles. The number of hydrogen-bond donors (Lipinski definition) is 0. The normalized spacial score (nSPS) is 10.4. The van der Waals surface area contributed by atoms with Crippen molar-refractivity contribution < 1.29 is 13.6 Å². The van der Waals surface area contributed by atoms with E-state index in [1.54, 1.807) is 0 Å². The summed E-state index contributed by atoms with van der Waals surface area (Å²) in [6.07, 6.45) is 1.72. The molecule has 2 nitrogen and oxygen atoms in total. The summed E-state index contributed by atoms with van der Waals surface area (Å²) in [5.74, 6) is -1.58. The highest BCUT2D eigenvalue weighted by atomic mass is 35.5. The Labute approximate surface area is 111 Å². The summed E-state index contributed by atoms with van der Waals surface area (Å²) in [5, 5.41) is 0. The van der Waals surface area contributed by atoms with Crippen molar-refractivity contribution in [3.05, 3.63) is 35.4 Å². The van der Waals surface area contributed by atoms with E-state index in [0.717, 1.165) is 31.0 Å². The average molecular weight is 276 g/mol. The number of alkyl halides is 1. The van der Waals surface area contributed by atoms with Crippen LogP contribution in [0.4, 0.5) is 8.78 Å². The highest BCUT2D eigenvalue weighted by Gasteiger charge is 2.19. The molecule has 5 heteroatoms. The van der Waals surface area contributed by atoms with Gasteiger partial charge in [-0.15, -0.1) is 11.6 Å². The fourth-order valence-electron chi connectivity index (χ4n) is 1.60. The molecule has 0 aliphatic carbocycles. The molecule has 1 aromatic carbocycles. The van der Waals surface area contributed by atoms with Crippen LogP contribution in [0.5, 0.6) is 0 Å². The number of hydrogen-bond acceptors (Lipinski definition) is 1. The molecule has 0 aromatic heterocycles. The van der Waals surface area contributed by atoms with Crippen molar-refractivity contribution >= 4 is 17.5 Å². The minimum Gasteiger partial charge on any atom is -0.337 e. The van der Waals surface area contributed by atoms with Gasteiger partial charge in [-0.25, -0.2) is 8.78 Å². The van der Waals surface area contributed by atoms with E-state index < -0.39 is 17.5 Å². The third-order valence-electron chi connectivity index (χ3n) is 2.58. The Morgan fingerprint density at radius 1 is 1.33 bits per heavy atom. The average Bonchev–Trinajstić information content (AvgIpc) is 2.36. The molecular weight excluding hydrogens is 260 g/mol. The second-order valence-electron chi connectivity index (χ2n) is 3.96. The zero-order chi connectivity index (χ0) is 13.5. The number of carbonyl (C=O) groups excluding carboxylic acids is 1. The first-order valence-electron chi connectivity index (χ1n) is 5.90. The second kappa shape index (κ2) is 7.31. The minimum absolute atomic E-state index is 0.240. The molecule has 0 aliphatic heterocycles. The van der Waals surface area contributed by atoms with Crippen LogP contribution >= 0.6 is 11.6 Å². The van der Waals surface area contributed by atoms with Gasteiger partial charge in [-0.1, -0.05) is 13.3 Å². The molecule has 1 rings (SSSR count). The van der Waals surface area contributed by atoms with E-state index in [0.29, 0.717) is 13.1 Å². The topological polar surface area (TPSA) is 20.3 Å². The highest BCUT2D eigenvalue weighted by Crippen LogP contribution is 2.13. The molecule has 1 amide bonds. The molecule has 0 saturated heterocycles. The van der Waals surface area contributed by atoms with Crippen LogP contribution in [0.2, 0.25) is 0 Å². The molecule has 0 unspecified atom stereocenters. The van der Waals surface area contributed by atoms with E-state index in [1.807, 2.05) is 6.92 Å². The van der Waals surface area contributed by atoms with E-state index in [4.69, 9.17) is 11.6 Å². The standard InChI is InChI=1S/C13H16ClF2NO/c1-2-3-7-17(8-6-14)13(18)11-9-10(15)4-5-12(11)16/h4-5,9H,2-3,6-8H2,1H3.